The first-order chi connectivity index (χ1) is 14.5. The fraction of sp³-hybridized carbons (Fsp3) is 0.174. The molecule has 0 radical (unpaired) electrons. The summed E-state index contributed by atoms with van der Waals surface area (Å²) in [7, 11) is 0. The van der Waals surface area contributed by atoms with Gasteiger partial charge in [-0.05, 0) is 74.2 Å². The summed E-state index contributed by atoms with van der Waals surface area (Å²) in [6, 6.07) is 18.6. The minimum atomic E-state index is -1.00. The quantitative estimate of drug-likeness (QED) is 0.340. The number of carboxylic acids is 1. The van der Waals surface area contributed by atoms with Crippen molar-refractivity contribution in [3.63, 3.8) is 0 Å². The predicted molar refractivity (Wildman–Crippen MR) is 122 cm³/mol. The number of hydrogen-bond donors (Lipinski definition) is 1. The summed E-state index contributed by atoms with van der Waals surface area (Å²) < 4.78 is 18.7. The molecule has 30 heavy (non-hydrogen) atoms. The summed E-state index contributed by atoms with van der Waals surface area (Å²) in [5, 5.41) is 9.15. The lowest BCUT2D eigenvalue weighted by atomic mass is 10.2. The standard InChI is InChI=1S/C23H20Br2O5/c1-2-28-21-10-16(8-9-20(21)29-13-15-6-4-3-5-7-15)14-30-22-18(24)11-17(23(26)27)12-19(22)25/h3-12H,2,13-14H2,1H3,(H,26,27). The number of carbonyl (C=O) groups is 1. The van der Waals surface area contributed by atoms with Crippen LogP contribution in [-0.4, -0.2) is 17.7 Å². The van der Waals surface area contributed by atoms with E-state index in [-0.39, 0.29) is 12.2 Å². The van der Waals surface area contributed by atoms with Crippen molar-refractivity contribution in [3.05, 3.63) is 86.3 Å². The highest BCUT2D eigenvalue weighted by atomic mass is 79.9. The molecule has 0 fully saturated rings. The Labute approximate surface area is 191 Å². The van der Waals surface area contributed by atoms with Crippen molar-refractivity contribution in [2.24, 2.45) is 0 Å². The first-order valence-electron chi connectivity index (χ1n) is 9.25. The average Bonchev–Trinajstić information content (AvgIpc) is 2.73. The normalized spacial score (nSPS) is 10.5. The summed E-state index contributed by atoms with van der Waals surface area (Å²) in [6.45, 7) is 3.16. The van der Waals surface area contributed by atoms with Crippen LogP contribution in [-0.2, 0) is 13.2 Å². The van der Waals surface area contributed by atoms with E-state index in [0.29, 0.717) is 39.4 Å². The highest BCUT2D eigenvalue weighted by molar-refractivity contribution is 9.11. The van der Waals surface area contributed by atoms with Crippen LogP contribution >= 0.6 is 31.9 Å². The van der Waals surface area contributed by atoms with Gasteiger partial charge >= 0.3 is 5.97 Å². The van der Waals surface area contributed by atoms with E-state index >= 15 is 0 Å². The smallest absolute Gasteiger partial charge is 0.335 e. The van der Waals surface area contributed by atoms with Crippen LogP contribution in [0, 0.1) is 0 Å². The molecule has 0 unspecified atom stereocenters. The lowest BCUT2D eigenvalue weighted by Crippen LogP contribution is -2.03. The van der Waals surface area contributed by atoms with E-state index in [1.54, 1.807) is 0 Å². The number of ether oxygens (including phenoxy) is 3. The van der Waals surface area contributed by atoms with Crippen molar-refractivity contribution in [3.8, 4) is 17.2 Å². The van der Waals surface area contributed by atoms with Gasteiger partial charge in [-0.15, -0.1) is 0 Å². The third-order valence-corrected chi connectivity index (χ3v) is 5.35. The van der Waals surface area contributed by atoms with E-state index in [9.17, 15) is 4.79 Å². The number of halogens is 2. The average molecular weight is 536 g/mol. The second-order valence-corrected chi connectivity index (χ2v) is 8.06. The van der Waals surface area contributed by atoms with E-state index < -0.39 is 5.97 Å². The van der Waals surface area contributed by atoms with Crippen LogP contribution in [0.15, 0.2) is 69.6 Å². The zero-order valence-electron chi connectivity index (χ0n) is 16.2. The molecule has 5 nitrogen and oxygen atoms in total. The molecule has 0 aliphatic carbocycles. The van der Waals surface area contributed by atoms with Crippen LogP contribution in [0.5, 0.6) is 17.2 Å². The number of carboxylic acid groups (broad SMARTS) is 1. The Kier molecular flexibility index (Phi) is 7.76. The minimum Gasteiger partial charge on any atom is -0.490 e. The van der Waals surface area contributed by atoms with E-state index in [1.165, 1.54) is 12.1 Å². The molecule has 7 heteroatoms. The first-order valence-corrected chi connectivity index (χ1v) is 10.8. The molecule has 0 saturated heterocycles. The summed E-state index contributed by atoms with van der Waals surface area (Å²) >= 11 is 6.74. The van der Waals surface area contributed by atoms with Crippen molar-refractivity contribution >= 4 is 37.8 Å². The maximum atomic E-state index is 11.2. The van der Waals surface area contributed by atoms with Gasteiger partial charge in [0, 0.05) is 0 Å². The van der Waals surface area contributed by atoms with Gasteiger partial charge in [0.25, 0.3) is 0 Å². The van der Waals surface area contributed by atoms with Gasteiger partial charge in [0.05, 0.1) is 21.1 Å². The molecule has 3 aromatic carbocycles. The Bertz CT molecular complexity index is 998. The fourth-order valence-electron chi connectivity index (χ4n) is 2.74. The van der Waals surface area contributed by atoms with Gasteiger partial charge in [-0.2, -0.15) is 0 Å². The van der Waals surface area contributed by atoms with Gasteiger partial charge < -0.3 is 19.3 Å². The van der Waals surface area contributed by atoms with Crippen LogP contribution in [0.1, 0.15) is 28.4 Å². The van der Waals surface area contributed by atoms with Gasteiger partial charge in [0.1, 0.15) is 19.0 Å². The number of rotatable bonds is 9. The van der Waals surface area contributed by atoms with Gasteiger partial charge in [0.2, 0.25) is 0 Å². The lowest BCUT2D eigenvalue weighted by Gasteiger charge is -2.15. The number of aromatic carboxylic acids is 1. The van der Waals surface area contributed by atoms with Crippen LogP contribution in [0.3, 0.4) is 0 Å². The Morgan fingerprint density at radius 2 is 1.50 bits per heavy atom. The molecule has 0 atom stereocenters. The SMILES string of the molecule is CCOc1cc(COc2c(Br)cc(C(=O)O)cc2Br)ccc1OCc1ccccc1. The van der Waals surface area contributed by atoms with Crippen molar-refractivity contribution in [2.75, 3.05) is 6.61 Å². The van der Waals surface area contributed by atoms with Gasteiger partial charge in [-0.25, -0.2) is 4.79 Å². The maximum Gasteiger partial charge on any atom is 0.335 e. The molecule has 0 aliphatic rings. The number of benzene rings is 3. The zero-order valence-corrected chi connectivity index (χ0v) is 19.4. The Hall–Kier alpha value is -2.51. The summed E-state index contributed by atoms with van der Waals surface area (Å²) in [5.41, 5.74) is 2.14. The van der Waals surface area contributed by atoms with Gasteiger partial charge in [-0.3, -0.25) is 0 Å². The van der Waals surface area contributed by atoms with Crippen molar-refractivity contribution in [1.29, 1.82) is 0 Å². The van der Waals surface area contributed by atoms with Crippen molar-refractivity contribution in [1.82, 2.24) is 0 Å². The highest BCUT2D eigenvalue weighted by Gasteiger charge is 2.14. The molecular formula is C23H20Br2O5. The summed E-state index contributed by atoms with van der Waals surface area (Å²) in [4.78, 5) is 11.2. The highest BCUT2D eigenvalue weighted by Crippen LogP contribution is 2.36. The van der Waals surface area contributed by atoms with Gasteiger partial charge in [-0.1, -0.05) is 36.4 Å². The Morgan fingerprint density at radius 1 is 0.833 bits per heavy atom. The molecule has 0 spiro atoms. The summed E-state index contributed by atoms with van der Waals surface area (Å²) in [6.07, 6.45) is 0. The molecule has 0 bridgehead atoms. The van der Waals surface area contributed by atoms with Gasteiger partial charge in [0.15, 0.2) is 11.5 Å². The zero-order chi connectivity index (χ0) is 21.5. The number of hydrogen-bond acceptors (Lipinski definition) is 4. The molecule has 156 valence electrons. The third kappa shape index (κ3) is 5.77. The Morgan fingerprint density at radius 3 is 2.13 bits per heavy atom. The second-order valence-electron chi connectivity index (χ2n) is 6.35. The second kappa shape index (κ2) is 10.5. The minimum absolute atomic E-state index is 0.166. The molecule has 0 aromatic heterocycles. The van der Waals surface area contributed by atoms with E-state index in [1.807, 2.05) is 55.5 Å². The molecular weight excluding hydrogens is 516 g/mol. The topological polar surface area (TPSA) is 65.0 Å². The van der Waals surface area contributed by atoms with E-state index in [4.69, 9.17) is 19.3 Å². The third-order valence-electron chi connectivity index (χ3n) is 4.17. The van der Waals surface area contributed by atoms with Crippen molar-refractivity contribution in [2.45, 2.75) is 20.1 Å². The van der Waals surface area contributed by atoms with Crippen LogP contribution in [0.4, 0.5) is 0 Å². The molecule has 3 rings (SSSR count). The fourth-order valence-corrected chi connectivity index (χ4v) is 4.16. The van der Waals surface area contributed by atoms with Crippen LogP contribution < -0.4 is 14.2 Å². The van der Waals surface area contributed by atoms with Crippen molar-refractivity contribution < 1.29 is 24.1 Å². The van der Waals surface area contributed by atoms with Crippen LogP contribution in [0.25, 0.3) is 0 Å². The summed E-state index contributed by atoms with van der Waals surface area (Å²) in [5.74, 6) is 0.837. The molecule has 3 aromatic rings. The maximum absolute atomic E-state index is 11.2. The van der Waals surface area contributed by atoms with E-state index in [0.717, 1.165) is 11.1 Å². The lowest BCUT2D eigenvalue weighted by molar-refractivity contribution is 0.0696. The predicted octanol–water partition coefficient (Wildman–Crippen LogP) is 6.47. The van der Waals surface area contributed by atoms with Crippen LogP contribution in [0.2, 0.25) is 0 Å². The Balaban J connectivity index is 1.72. The monoisotopic (exact) mass is 534 g/mol. The first kappa shape index (κ1) is 22.2. The molecule has 0 amide bonds. The van der Waals surface area contributed by atoms with E-state index in [2.05, 4.69) is 31.9 Å². The molecule has 0 saturated carbocycles. The molecule has 0 aliphatic heterocycles. The molecule has 0 heterocycles. The largest absolute Gasteiger partial charge is 0.490 e. The molecule has 1 N–H and O–H groups in total.